The molecule has 25 heavy (non-hydrogen) atoms. The number of piperidine rings is 2. The minimum Gasteiger partial charge on any atom is -0.469 e. The summed E-state index contributed by atoms with van der Waals surface area (Å²) in [5.41, 5.74) is 0. The molecule has 2 rings (SSSR count). The van der Waals surface area contributed by atoms with Gasteiger partial charge in [-0.25, -0.2) is 0 Å². The van der Waals surface area contributed by atoms with Crippen LogP contribution in [0.3, 0.4) is 0 Å². The highest BCUT2D eigenvalue weighted by atomic mass is 127. The van der Waals surface area contributed by atoms with Crippen LogP contribution in [-0.4, -0.2) is 74.7 Å². The summed E-state index contributed by atoms with van der Waals surface area (Å²) in [6, 6.07) is 0. The lowest BCUT2D eigenvalue weighted by molar-refractivity contribution is -0.146. The summed E-state index contributed by atoms with van der Waals surface area (Å²) in [6.07, 6.45) is 4.32. The molecular weight excluding hydrogens is 431 g/mol. The molecule has 0 saturated carbocycles. The average molecular weight is 466 g/mol. The molecular formula is C18H35IN4O2. The molecule has 2 aliphatic rings. The van der Waals surface area contributed by atoms with Crippen LogP contribution >= 0.6 is 24.0 Å². The Morgan fingerprint density at radius 3 is 2.36 bits per heavy atom. The third-order valence-electron chi connectivity index (χ3n) is 5.22. The van der Waals surface area contributed by atoms with Gasteiger partial charge in [-0.2, -0.15) is 0 Å². The number of guanidine groups is 1. The predicted molar refractivity (Wildman–Crippen MR) is 113 cm³/mol. The van der Waals surface area contributed by atoms with Crippen molar-refractivity contribution in [2.24, 2.45) is 16.8 Å². The van der Waals surface area contributed by atoms with Crippen molar-refractivity contribution in [3.8, 4) is 0 Å². The maximum atomic E-state index is 11.6. The number of aliphatic imine (C=N–C) groups is 1. The van der Waals surface area contributed by atoms with Crippen molar-refractivity contribution in [1.29, 1.82) is 0 Å². The van der Waals surface area contributed by atoms with Gasteiger partial charge in [-0.1, -0.05) is 6.92 Å². The Kier molecular flexibility index (Phi) is 10.7. The Balaban J connectivity index is 0.00000312. The summed E-state index contributed by atoms with van der Waals surface area (Å²) < 4.78 is 4.86. The lowest BCUT2D eigenvalue weighted by Gasteiger charge is -2.33. The topological polar surface area (TPSA) is 57.2 Å². The van der Waals surface area contributed by atoms with Crippen LogP contribution in [0.2, 0.25) is 0 Å². The zero-order chi connectivity index (χ0) is 17.4. The first-order valence-corrected chi connectivity index (χ1v) is 9.47. The van der Waals surface area contributed by atoms with E-state index in [-0.39, 0.29) is 35.9 Å². The van der Waals surface area contributed by atoms with E-state index in [4.69, 9.17) is 9.73 Å². The summed E-state index contributed by atoms with van der Waals surface area (Å²) >= 11 is 0. The first-order chi connectivity index (χ1) is 11.6. The first-order valence-electron chi connectivity index (χ1n) is 9.47. The second kappa shape index (κ2) is 11.9. The number of hydrogen-bond acceptors (Lipinski definition) is 4. The summed E-state index contributed by atoms with van der Waals surface area (Å²) in [5.74, 6) is 1.84. The van der Waals surface area contributed by atoms with E-state index >= 15 is 0 Å². The summed E-state index contributed by atoms with van der Waals surface area (Å²) in [4.78, 5) is 21.3. The van der Waals surface area contributed by atoms with Crippen molar-refractivity contribution < 1.29 is 9.53 Å². The number of carbonyl (C=O) groups is 1. The number of hydrogen-bond donors (Lipinski definition) is 1. The Labute approximate surface area is 169 Å². The van der Waals surface area contributed by atoms with E-state index in [9.17, 15) is 4.79 Å². The Hall–Kier alpha value is -0.570. The molecule has 7 heteroatoms. The fraction of sp³-hybridized carbons (Fsp3) is 0.889. The number of likely N-dealkylation sites (tertiary alicyclic amines) is 2. The van der Waals surface area contributed by atoms with Crippen LogP contribution in [0.5, 0.6) is 0 Å². The van der Waals surface area contributed by atoms with Crippen LogP contribution in [0.25, 0.3) is 0 Å². The van der Waals surface area contributed by atoms with Gasteiger partial charge in [0.1, 0.15) is 0 Å². The number of rotatable bonds is 5. The van der Waals surface area contributed by atoms with Crippen LogP contribution in [0.15, 0.2) is 4.99 Å². The molecule has 0 bridgehead atoms. The van der Waals surface area contributed by atoms with E-state index in [1.807, 2.05) is 0 Å². The van der Waals surface area contributed by atoms with Crippen molar-refractivity contribution in [3.63, 3.8) is 0 Å². The van der Waals surface area contributed by atoms with E-state index in [1.54, 1.807) is 0 Å². The number of esters is 1. The van der Waals surface area contributed by atoms with Crippen LogP contribution in [0.1, 0.15) is 39.5 Å². The van der Waals surface area contributed by atoms with Gasteiger partial charge in [-0.15, -0.1) is 24.0 Å². The molecule has 2 saturated heterocycles. The van der Waals surface area contributed by atoms with Crippen LogP contribution in [0.4, 0.5) is 0 Å². The minimum atomic E-state index is -0.0732. The number of nitrogens with one attached hydrogen (secondary N) is 1. The van der Waals surface area contributed by atoms with Gasteiger partial charge in [0, 0.05) is 26.2 Å². The van der Waals surface area contributed by atoms with Gasteiger partial charge in [-0.3, -0.25) is 9.79 Å². The van der Waals surface area contributed by atoms with E-state index < -0.39 is 0 Å². The molecule has 146 valence electrons. The third-order valence-corrected chi connectivity index (χ3v) is 5.22. The van der Waals surface area contributed by atoms with Gasteiger partial charge in [0.2, 0.25) is 0 Å². The van der Waals surface area contributed by atoms with E-state index in [0.717, 1.165) is 57.4 Å². The second-order valence-corrected chi connectivity index (χ2v) is 7.04. The predicted octanol–water partition coefficient (Wildman–Crippen LogP) is 2.19. The number of nitrogens with zero attached hydrogens (tertiary/aromatic N) is 3. The molecule has 0 aliphatic carbocycles. The Bertz CT molecular complexity index is 417. The standard InChI is InChI=1S/C18H34N4O2.HI/c1-4-19-18(20-9-14-21-10-5-15(2)6-11-21)22-12-7-16(8-13-22)17(23)24-3;/h15-16H,4-14H2,1-3H3,(H,19,20);1H. The number of halogens is 1. The summed E-state index contributed by atoms with van der Waals surface area (Å²) in [7, 11) is 1.47. The highest BCUT2D eigenvalue weighted by molar-refractivity contribution is 14.0. The van der Waals surface area contributed by atoms with E-state index in [0.29, 0.717) is 0 Å². The van der Waals surface area contributed by atoms with Gasteiger partial charge in [0.15, 0.2) is 5.96 Å². The lowest BCUT2D eigenvalue weighted by Crippen LogP contribution is -2.47. The fourth-order valence-electron chi connectivity index (χ4n) is 3.50. The van der Waals surface area contributed by atoms with Gasteiger partial charge < -0.3 is 19.9 Å². The SMILES string of the molecule is CCNC(=NCCN1CCC(C)CC1)N1CCC(C(=O)OC)CC1.I. The van der Waals surface area contributed by atoms with Gasteiger partial charge in [-0.05, 0) is 51.6 Å². The summed E-state index contributed by atoms with van der Waals surface area (Å²) in [5, 5.41) is 3.40. The van der Waals surface area contributed by atoms with Gasteiger partial charge >= 0.3 is 5.97 Å². The number of carbonyl (C=O) groups excluding carboxylic acids is 1. The Morgan fingerprint density at radius 2 is 1.80 bits per heavy atom. The van der Waals surface area contributed by atoms with Gasteiger partial charge in [0.05, 0.1) is 19.6 Å². The van der Waals surface area contributed by atoms with Gasteiger partial charge in [0.25, 0.3) is 0 Å². The van der Waals surface area contributed by atoms with Crippen molar-refractivity contribution in [1.82, 2.24) is 15.1 Å². The van der Waals surface area contributed by atoms with Crippen LogP contribution in [0, 0.1) is 11.8 Å². The molecule has 0 atom stereocenters. The number of methoxy groups -OCH3 is 1. The molecule has 0 radical (unpaired) electrons. The van der Waals surface area contributed by atoms with E-state index in [2.05, 4.69) is 29.0 Å². The molecule has 0 amide bonds. The highest BCUT2D eigenvalue weighted by Gasteiger charge is 2.27. The van der Waals surface area contributed by atoms with Crippen molar-refractivity contribution in [3.05, 3.63) is 0 Å². The molecule has 0 unspecified atom stereocenters. The molecule has 0 spiro atoms. The van der Waals surface area contributed by atoms with Crippen LogP contribution in [-0.2, 0) is 9.53 Å². The van der Waals surface area contributed by atoms with Crippen molar-refractivity contribution in [2.75, 3.05) is 52.9 Å². The Morgan fingerprint density at radius 1 is 1.16 bits per heavy atom. The first kappa shape index (κ1) is 22.5. The largest absolute Gasteiger partial charge is 0.469 e. The fourth-order valence-corrected chi connectivity index (χ4v) is 3.50. The molecule has 2 heterocycles. The zero-order valence-corrected chi connectivity index (χ0v) is 18.3. The molecule has 0 aromatic rings. The van der Waals surface area contributed by atoms with E-state index in [1.165, 1.54) is 33.0 Å². The monoisotopic (exact) mass is 466 g/mol. The molecule has 0 aromatic heterocycles. The quantitative estimate of drug-likeness (QED) is 0.292. The van der Waals surface area contributed by atoms with Crippen molar-refractivity contribution >= 4 is 35.9 Å². The second-order valence-electron chi connectivity index (χ2n) is 7.04. The maximum absolute atomic E-state index is 11.6. The van der Waals surface area contributed by atoms with Crippen molar-refractivity contribution in [2.45, 2.75) is 39.5 Å². The third kappa shape index (κ3) is 7.29. The molecule has 1 N–H and O–H groups in total. The average Bonchev–Trinajstić information content (AvgIpc) is 2.62. The zero-order valence-electron chi connectivity index (χ0n) is 16.0. The molecule has 6 nitrogen and oxygen atoms in total. The minimum absolute atomic E-state index is 0. The van der Waals surface area contributed by atoms with Crippen LogP contribution < -0.4 is 5.32 Å². The molecule has 2 fully saturated rings. The highest BCUT2D eigenvalue weighted by Crippen LogP contribution is 2.18. The lowest BCUT2D eigenvalue weighted by atomic mass is 9.97. The molecule has 2 aliphatic heterocycles. The molecule has 0 aromatic carbocycles. The smallest absolute Gasteiger partial charge is 0.308 e. The number of ether oxygens (including phenoxy) is 1. The normalized spacial score (nSPS) is 20.9. The maximum Gasteiger partial charge on any atom is 0.308 e. The summed E-state index contributed by atoms with van der Waals surface area (Å²) in [6.45, 7) is 11.3.